The summed E-state index contributed by atoms with van der Waals surface area (Å²) in [5.41, 5.74) is 0.367. The highest BCUT2D eigenvalue weighted by molar-refractivity contribution is 7.07. The molecule has 0 aromatic carbocycles. The van der Waals surface area contributed by atoms with Gasteiger partial charge in [-0.15, -0.1) is 0 Å². The molecule has 4 heteroatoms. The topological polar surface area (TPSA) is 49.3 Å². The van der Waals surface area contributed by atoms with Crippen molar-refractivity contribution in [2.24, 2.45) is 0 Å². The highest BCUT2D eigenvalue weighted by atomic mass is 32.1. The minimum absolute atomic E-state index is 0.00562. The minimum atomic E-state index is -0.680. The fourth-order valence-electron chi connectivity index (χ4n) is 2.47. The highest BCUT2D eigenvalue weighted by Crippen LogP contribution is 2.26. The largest absolute Gasteiger partial charge is 0.388 e. The molecular formula is C14H21NO2S. The van der Waals surface area contributed by atoms with E-state index in [2.05, 4.69) is 5.32 Å². The normalized spacial score (nSPS) is 19.2. The Labute approximate surface area is 112 Å². The first kappa shape index (κ1) is 13.6. The van der Waals surface area contributed by atoms with Crippen LogP contribution in [0.2, 0.25) is 0 Å². The zero-order chi connectivity index (χ0) is 12.8. The molecule has 2 rings (SSSR count). The first-order chi connectivity index (χ1) is 8.68. The molecule has 0 aliphatic heterocycles. The molecule has 1 heterocycles. The Morgan fingerprint density at radius 3 is 2.67 bits per heavy atom. The Balaban J connectivity index is 1.77. The van der Waals surface area contributed by atoms with Crippen molar-refractivity contribution in [1.29, 1.82) is 0 Å². The summed E-state index contributed by atoms with van der Waals surface area (Å²) in [6, 6.07) is 1.96. The Hall–Kier alpha value is -0.870. The van der Waals surface area contributed by atoms with Gasteiger partial charge in [0.15, 0.2) is 0 Å². The van der Waals surface area contributed by atoms with Crippen LogP contribution in [0.4, 0.5) is 0 Å². The monoisotopic (exact) mass is 267 g/mol. The molecule has 0 atom stereocenters. The third-order valence-electron chi connectivity index (χ3n) is 3.59. The van der Waals surface area contributed by atoms with Gasteiger partial charge in [0.05, 0.1) is 12.0 Å². The Morgan fingerprint density at radius 1 is 1.33 bits per heavy atom. The first-order valence-electron chi connectivity index (χ1n) is 6.68. The SMILES string of the molecule is O=C(Cc1ccsc1)NCC1(O)CCCCCC1. The Kier molecular flexibility index (Phi) is 4.78. The van der Waals surface area contributed by atoms with Crippen LogP contribution in [0.1, 0.15) is 44.1 Å². The van der Waals surface area contributed by atoms with Gasteiger partial charge in [0, 0.05) is 6.54 Å². The lowest BCUT2D eigenvalue weighted by Gasteiger charge is -2.26. The molecule has 1 aliphatic carbocycles. The predicted molar refractivity (Wildman–Crippen MR) is 73.7 cm³/mol. The van der Waals surface area contributed by atoms with Crippen molar-refractivity contribution in [3.05, 3.63) is 22.4 Å². The standard InChI is InChI=1S/C14H21NO2S/c16-13(9-12-5-8-18-10-12)15-11-14(17)6-3-1-2-4-7-14/h5,8,10,17H,1-4,6-7,9,11H2,(H,15,16). The second-order valence-electron chi connectivity index (χ2n) is 5.22. The molecule has 1 aromatic heterocycles. The third kappa shape index (κ3) is 4.10. The molecule has 1 amide bonds. The molecule has 1 fully saturated rings. The van der Waals surface area contributed by atoms with E-state index in [1.807, 2.05) is 16.8 Å². The van der Waals surface area contributed by atoms with E-state index in [0.717, 1.165) is 31.2 Å². The summed E-state index contributed by atoms with van der Waals surface area (Å²) in [6.07, 6.45) is 6.57. The molecule has 1 saturated carbocycles. The van der Waals surface area contributed by atoms with Gasteiger partial charge in [0.25, 0.3) is 0 Å². The molecule has 3 nitrogen and oxygen atoms in total. The summed E-state index contributed by atoms with van der Waals surface area (Å²) in [6.45, 7) is 0.399. The molecule has 1 aliphatic rings. The van der Waals surface area contributed by atoms with Crippen LogP contribution in [0.3, 0.4) is 0 Å². The Bertz CT molecular complexity index is 367. The summed E-state index contributed by atoms with van der Waals surface area (Å²) < 4.78 is 0. The van der Waals surface area contributed by atoms with E-state index in [1.165, 1.54) is 12.8 Å². The van der Waals surface area contributed by atoms with Gasteiger partial charge >= 0.3 is 0 Å². The number of carbonyl (C=O) groups excluding carboxylic acids is 1. The van der Waals surface area contributed by atoms with Gasteiger partial charge in [0.2, 0.25) is 5.91 Å². The second kappa shape index (κ2) is 6.34. The third-order valence-corrected chi connectivity index (χ3v) is 4.33. The average Bonchev–Trinajstić information content (AvgIpc) is 2.75. The zero-order valence-corrected chi connectivity index (χ0v) is 11.5. The van der Waals surface area contributed by atoms with Gasteiger partial charge in [-0.2, -0.15) is 11.3 Å². The van der Waals surface area contributed by atoms with Crippen molar-refractivity contribution >= 4 is 17.2 Å². The average molecular weight is 267 g/mol. The van der Waals surface area contributed by atoms with E-state index in [1.54, 1.807) is 11.3 Å². The summed E-state index contributed by atoms with van der Waals surface area (Å²) in [4.78, 5) is 11.8. The molecule has 0 unspecified atom stereocenters. The highest BCUT2D eigenvalue weighted by Gasteiger charge is 2.28. The molecule has 0 spiro atoms. The lowest BCUT2D eigenvalue weighted by molar-refractivity contribution is -0.121. The van der Waals surface area contributed by atoms with E-state index in [4.69, 9.17) is 0 Å². The number of carbonyl (C=O) groups is 1. The van der Waals surface area contributed by atoms with Gasteiger partial charge in [0.1, 0.15) is 0 Å². The quantitative estimate of drug-likeness (QED) is 0.823. The molecule has 0 radical (unpaired) electrons. The van der Waals surface area contributed by atoms with Crippen LogP contribution in [-0.4, -0.2) is 23.2 Å². The van der Waals surface area contributed by atoms with Crippen molar-refractivity contribution in [3.8, 4) is 0 Å². The van der Waals surface area contributed by atoms with Crippen molar-refractivity contribution in [3.63, 3.8) is 0 Å². The number of hydrogen-bond acceptors (Lipinski definition) is 3. The number of amides is 1. The maximum absolute atomic E-state index is 11.8. The molecule has 1 aromatic rings. The van der Waals surface area contributed by atoms with Crippen LogP contribution in [0, 0.1) is 0 Å². The first-order valence-corrected chi connectivity index (χ1v) is 7.62. The summed E-state index contributed by atoms with van der Waals surface area (Å²) >= 11 is 1.60. The number of rotatable bonds is 4. The lowest BCUT2D eigenvalue weighted by atomic mass is 9.94. The molecule has 0 bridgehead atoms. The van der Waals surface area contributed by atoms with E-state index >= 15 is 0 Å². The molecule has 2 N–H and O–H groups in total. The van der Waals surface area contributed by atoms with E-state index in [-0.39, 0.29) is 5.91 Å². The van der Waals surface area contributed by atoms with E-state index in [9.17, 15) is 9.90 Å². The van der Waals surface area contributed by atoms with Gasteiger partial charge in [-0.25, -0.2) is 0 Å². The fraction of sp³-hybridized carbons (Fsp3) is 0.643. The van der Waals surface area contributed by atoms with Crippen LogP contribution in [0.25, 0.3) is 0 Å². The van der Waals surface area contributed by atoms with Crippen molar-refractivity contribution in [2.75, 3.05) is 6.54 Å². The smallest absolute Gasteiger partial charge is 0.224 e. The second-order valence-corrected chi connectivity index (χ2v) is 6.00. The van der Waals surface area contributed by atoms with Gasteiger partial charge in [-0.1, -0.05) is 25.7 Å². The van der Waals surface area contributed by atoms with Crippen LogP contribution in [0.15, 0.2) is 16.8 Å². The maximum atomic E-state index is 11.8. The van der Waals surface area contributed by atoms with Gasteiger partial charge < -0.3 is 10.4 Å². The van der Waals surface area contributed by atoms with Crippen molar-refractivity contribution in [2.45, 2.75) is 50.5 Å². The van der Waals surface area contributed by atoms with Gasteiger partial charge in [-0.05, 0) is 35.2 Å². The summed E-state index contributed by atoms with van der Waals surface area (Å²) in [5, 5.41) is 17.2. The Morgan fingerprint density at radius 2 is 2.06 bits per heavy atom. The maximum Gasteiger partial charge on any atom is 0.224 e. The number of aliphatic hydroxyl groups is 1. The lowest BCUT2D eigenvalue weighted by Crippen LogP contribution is -2.43. The summed E-state index contributed by atoms with van der Waals surface area (Å²) in [7, 11) is 0. The van der Waals surface area contributed by atoms with Crippen LogP contribution < -0.4 is 5.32 Å². The fourth-order valence-corrected chi connectivity index (χ4v) is 3.14. The number of nitrogens with one attached hydrogen (secondary N) is 1. The summed E-state index contributed by atoms with van der Waals surface area (Å²) in [5.74, 6) is 0.00562. The van der Waals surface area contributed by atoms with Crippen LogP contribution in [0.5, 0.6) is 0 Å². The van der Waals surface area contributed by atoms with Gasteiger partial charge in [-0.3, -0.25) is 4.79 Å². The van der Waals surface area contributed by atoms with Crippen molar-refractivity contribution in [1.82, 2.24) is 5.32 Å². The van der Waals surface area contributed by atoms with E-state index < -0.39 is 5.60 Å². The predicted octanol–water partition coefficient (Wildman–Crippen LogP) is 2.49. The van der Waals surface area contributed by atoms with Crippen LogP contribution in [-0.2, 0) is 11.2 Å². The molecular weight excluding hydrogens is 246 g/mol. The zero-order valence-electron chi connectivity index (χ0n) is 10.7. The van der Waals surface area contributed by atoms with E-state index in [0.29, 0.717) is 13.0 Å². The molecule has 18 heavy (non-hydrogen) atoms. The van der Waals surface area contributed by atoms with Crippen molar-refractivity contribution < 1.29 is 9.90 Å². The molecule has 0 saturated heterocycles. The number of thiophene rings is 1. The number of hydrogen-bond donors (Lipinski definition) is 2. The minimum Gasteiger partial charge on any atom is -0.388 e. The molecule has 100 valence electrons. The van der Waals surface area contributed by atoms with Crippen LogP contribution >= 0.6 is 11.3 Å².